The van der Waals surface area contributed by atoms with Crippen molar-refractivity contribution in [3.05, 3.63) is 24.3 Å². The Morgan fingerprint density at radius 3 is 2.12 bits per heavy atom. The van der Waals surface area contributed by atoms with Crippen molar-refractivity contribution in [2.24, 2.45) is 17.8 Å². The molecule has 0 N–H and O–H groups in total. The van der Waals surface area contributed by atoms with Crippen LogP contribution in [0.25, 0.3) is 0 Å². The summed E-state index contributed by atoms with van der Waals surface area (Å²) in [6.07, 6.45) is 18.3. The van der Waals surface area contributed by atoms with Gasteiger partial charge in [-0.05, 0) is 63.2 Å². The minimum Gasteiger partial charge on any atom is -0.298 e. The van der Waals surface area contributed by atoms with Crippen LogP contribution in [0.2, 0.25) is 0 Å². The maximum Gasteiger partial charge on any atom is 0.151 e. The Balaban J connectivity index is 2.00. The topological polar surface area (TPSA) is 51.2 Å². The van der Waals surface area contributed by atoms with E-state index in [0.29, 0.717) is 31.6 Å². The van der Waals surface area contributed by atoms with E-state index in [1.165, 1.54) is 0 Å². The highest BCUT2D eigenvalue weighted by Crippen LogP contribution is 2.35. The van der Waals surface area contributed by atoms with Crippen molar-refractivity contribution in [1.82, 2.24) is 0 Å². The molecule has 2 aliphatic rings. The van der Waals surface area contributed by atoms with Crippen molar-refractivity contribution < 1.29 is 14.4 Å². The molecule has 2 aliphatic carbocycles. The number of hydrogen-bond acceptors (Lipinski definition) is 3. The number of allylic oxidation sites excluding steroid dienone is 4. The summed E-state index contributed by atoms with van der Waals surface area (Å²) in [5.41, 5.74) is 0. The summed E-state index contributed by atoms with van der Waals surface area (Å²) in [6.45, 7) is 1.91. The Hall–Kier alpha value is -1.51. The highest BCUT2D eigenvalue weighted by molar-refractivity contribution is 6.20. The third-order valence-corrected chi connectivity index (χ3v) is 5.54. The molecule has 3 heteroatoms. The van der Waals surface area contributed by atoms with Gasteiger partial charge in [-0.1, -0.05) is 31.2 Å². The molecule has 1 unspecified atom stereocenters. The van der Waals surface area contributed by atoms with Crippen LogP contribution in [0.3, 0.4) is 0 Å². The molecule has 0 radical (unpaired) electrons. The third-order valence-electron chi connectivity index (χ3n) is 5.54. The van der Waals surface area contributed by atoms with Gasteiger partial charge in [-0.25, -0.2) is 0 Å². The van der Waals surface area contributed by atoms with Crippen LogP contribution in [-0.4, -0.2) is 17.3 Å². The van der Waals surface area contributed by atoms with Crippen molar-refractivity contribution in [3.63, 3.8) is 0 Å². The Morgan fingerprint density at radius 1 is 0.880 bits per heavy atom. The largest absolute Gasteiger partial charge is 0.298 e. The fourth-order valence-corrected chi connectivity index (χ4v) is 4.18. The van der Waals surface area contributed by atoms with Crippen molar-refractivity contribution in [2.75, 3.05) is 0 Å². The lowest BCUT2D eigenvalue weighted by Gasteiger charge is -2.32. The third kappa shape index (κ3) is 6.05. The summed E-state index contributed by atoms with van der Waals surface area (Å²) in [4.78, 5) is 37.1. The Morgan fingerprint density at radius 2 is 1.48 bits per heavy atom. The van der Waals surface area contributed by atoms with Crippen LogP contribution in [0.15, 0.2) is 24.3 Å². The normalized spacial score (nSPS) is 29.1. The summed E-state index contributed by atoms with van der Waals surface area (Å²) in [5.74, 6) is -0.825. The quantitative estimate of drug-likeness (QED) is 0.533. The van der Waals surface area contributed by atoms with Crippen LogP contribution in [0.4, 0.5) is 0 Å². The summed E-state index contributed by atoms with van der Waals surface area (Å²) < 4.78 is 0. The molecule has 0 spiro atoms. The van der Waals surface area contributed by atoms with E-state index in [-0.39, 0.29) is 23.3 Å². The van der Waals surface area contributed by atoms with Gasteiger partial charge in [0, 0.05) is 19.3 Å². The van der Waals surface area contributed by atoms with Gasteiger partial charge in [0.25, 0.3) is 0 Å². The van der Waals surface area contributed by atoms with Crippen molar-refractivity contribution in [1.29, 1.82) is 0 Å². The number of hydrogen-bond donors (Lipinski definition) is 0. The Kier molecular flexibility index (Phi) is 8.30. The number of rotatable bonds is 4. The van der Waals surface area contributed by atoms with E-state index >= 15 is 0 Å². The van der Waals surface area contributed by atoms with Crippen LogP contribution in [-0.2, 0) is 14.4 Å². The summed E-state index contributed by atoms with van der Waals surface area (Å²) in [7, 11) is 0. The van der Waals surface area contributed by atoms with Crippen LogP contribution < -0.4 is 0 Å². The smallest absolute Gasteiger partial charge is 0.151 e. The van der Waals surface area contributed by atoms with E-state index in [9.17, 15) is 14.4 Å². The second-order valence-electron chi connectivity index (χ2n) is 7.54. The zero-order chi connectivity index (χ0) is 18.1. The number of carbonyl (C=O) groups is 3. The van der Waals surface area contributed by atoms with Gasteiger partial charge in [0.1, 0.15) is 5.92 Å². The standard InChI is InChI=1S/C22H32O3/c1-2-12-19(23)22-20(24)15-18(16-21(22)25)17-13-10-8-6-4-3-5-7-9-11-14-17/h4,6-7,9,17-18,22H,2-3,5,8,10-16H2,1H3. The molecule has 0 amide bonds. The molecule has 138 valence electrons. The SMILES string of the molecule is CCCC(=O)C1C(=O)CC(C2CCC=CCCC=CCCC2)CC1=O. The second-order valence-corrected chi connectivity index (χ2v) is 7.54. The minimum atomic E-state index is -0.953. The maximum absolute atomic E-state index is 12.5. The van der Waals surface area contributed by atoms with Gasteiger partial charge >= 0.3 is 0 Å². The molecule has 0 aliphatic heterocycles. The van der Waals surface area contributed by atoms with Gasteiger partial charge in [0.2, 0.25) is 0 Å². The van der Waals surface area contributed by atoms with Gasteiger partial charge in [0.15, 0.2) is 17.3 Å². The molecule has 1 fully saturated rings. The lowest BCUT2D eigenvalue weighted by Crippen LogP contribution is -2.40. The van der Waals surface area contributed by atoms with E-state index in [0.717, 1.165) is 44.9 Å². The fraction of sp³-hybridized carbons (Fsp3) is 0.682. The molecule has 0 bridgehead atoms. The molecule has 0 heterocycles. The van der Waals surface area contributed by atoms with Crippen LogP contribution >= 0.6 is 0 Å². The van der Waals surface area contributed by atoms with Gasteiger partial charge in [-0.2, -0.15) is 0 Å². The predicted octanol–water partition coefficient (Wildman–Crippen LogP) is 4.99. The van der Waals surface area contributed by atoms with Gasteiger partial charge in [-0.15, -0.1) is 0 Å². The van der Waals surface area contributed by atoms with Crippen LogP contribution in [0.5, 0.6) is 0 Å². The molecule has 0 aromatic rings. The van der Waals surface area contributed by atoms with E-state index in [2.05, 4.69) is 24.3 Å². The van der Waals surface area contributed by atoms with E-state index < -0.39 is 5.92 Å². The zero-order valence-electron chi connectivity index (χ0n) is 15.5. The van der Waals surface area contributed by atoms with Gasteiger partial charge < -0.3 is 0 Å². The van der Waals surface area contributed by atoms with E-state index in [4.69, 9.17) is 0 Å². The molecule has 2 rings (SSSR count). The average molecular weight is 344 g/mol. The molecule has 3 nitrogen and oxygen atoms in total. The monoisotopic (exact) mass is 344 g/mol. The first-order valence-electron chi connectivity index (χ1n) is 10.0. The predicted molar refractivity (Wildman–Crippen MR) is 100 cm³/mol. The van der Waals surface area contributed by atoms with E-state index in [1.54, 1.807) is 0 Å². The minimum absolute atomic E-state index is 0.124. The highest BCUT2D eigenvalue weighted by Gasteiger charge is 2.41. The van der Waals surface area contributed by atoms with Crippen LogP contribution in [0, 0.1) is 17.8 Å². The number of carbonyl (C=O) groups excluding carboxylic acids is 3. The molecular formula is C22H32O3. The van der Waals surface area contributed by atoms with Gasteiger partial charge in [-0.3, -0.25) is 14.4 Å². The van der Waals surface area contributed by atoms with Crippen LogP contribution in [0.1, 0.15) is 77.6 Å². The number of ketones is 3. The molecule has 0 aromatic heterocycles. The first-order valence-corrected chi connectivity index (χ1v) is 10.0. The maximum atomic E-state index is 12.5. The molecule has 25 heavy (non-hydrogen) atoms. The summed E-state index contributed by atoms with van der Waals surface area (Å²) in [5, 5.41) is 0. The fourth-order valence-electron chi connectivity index (χ4n) is 4.18. The lowest BCUT2D eigenvalue weighted by molar-refractivity contribution is -0.144. The molecule has 0 saturated heterocycles. The van der Waals surface area contributed by atoms with Gasteiger partial charge in [0.05, 0.1) is 0 Å². The molecule has 1 saturated carbocycles. The summed E-state index contributed by atoms with van der Waals surface area (Å²) >= 11 is 0. The van der Waals surface area contributed by atoms with Crippen molar-refractivity contribution in [2.45, 2.75) is 77.6 Å². The highest BCUT2D eigenvalue weighted by atomic mass is 16.2. The van der Waals surface area contributed by atoms with Crippen molar-refractivity contribution in [3.8, 4) is 0 Å². The zero-order valence-corrected chi connectivity index (χ0v) is 15.5. The second kappa shape index (κ2) is 10.5. The Bertz CT molecular complexity index is 511. The molecular weight excluding hydrogens is 312 g/mol. The lowest BCUT2D eigenvalue weighted by atomic mass is 9.70. The van der Waals surface area contributed by atoms with Crippen molar-refractivity contribution >= 4 is 17.3 Å². The number of Topliss-reactive ketones (excluding diaryl/α,β-unsaturated/α-hetero) is 3. The Labute approximate surface area is 151 Å². The van der Waals surface area contributed by atoms with E-state index in [1.807, 2.05) is 6.92 Å². The first kappa shape index (κ1) is 19.8. The average Bonchev–Trinajstić information content (AvgIpc) is 2.55. The molecule has 1 atom stereocenters. The first-order chi connectivity index (χ1) is 12.1. The molecule has 0 aromatic carbocycles. The summed E-state index contributed by atoms with van der Waals surface area (Å²) in [6, 6.07) is 0.